The van der Waals surface area contributed by atoms with Gasteiger partial charge in [0, 0.05) is 5.92 Å². The Kier molecular flexibility index (Phi) is 10.4. The zero-order valence-electron chi connectivity index (χ0n) is 33.1. The molecule has 0 aromatic heterocycles. The summed E-state index contributed by atoms with van der Waals surface area (Å²) in [6, 6.07) is 0. The number of allylic oxidation sites excluding steroid dienone is 1. The molecule has 2 aliphatic heterocycles. The van der Waals surface area contributed by atoms with Crippen LogP contribution in [0.15, 0.2) is 11.6 Å². The molecular formula is C41H66O13. The number of fused-ring (bicyclic) bond motifs is 7. The van der Waals surface area contributed by atoms with Gasteiger partial charge in [-0.3, -0.25) is 4.79 Å². The molecule has 0 unspecified atom stereocenters. The molecule has 0 amide bonds. The molecular weight excluding hydrogens is 700 g/mol. The van der Waals surface area contributed by atoms with Crippen LogP contribution in [0.4, 0.5) is 0 Å². The van der Waals surface area contributed by atoms with E-state index < -0.39 is 84.8 Å². The van der Waals surface area contributed by atoms with E-state index in [1.165, 1.54) is 0 Å². The molecule has 54 heavy (non-hydrogen) atoms. The van der Waals surface area contributed by atoms with Crippen LogP contribution in [0.1, 0.15) is 106 Å². The van der Waals surface area contributed by atoms with Crippen molar-refractivity contribution in [2.45, 2.75) is 173 Å². The Morgan fingerprint density at radius 1 is 0.833 bits per heavy atom. The Balaban J connectivity index is 1.11. The highest BCUT2D eigenvalue weighted by atomic mass is 16.7. The van der Waals surface area contributed by atoms with Crippen LogP contribution in [0, 0.1) is 50.7 Å². The quantitative estimate of drug-likeness (QED) is 0.144. The number of hydrogen-bond donors (Lipinski definition) is 8. The van der Waals surface area contributed by atoms with Crippen molar-refractivity contribution in [3.05, 3.63) is 11.6 Å². The highest BCUT2D eigenvalue weighted by molar-refractivity contribution is 5.77. The molecule has 5 aliphatic carbocycles. The second kappa shape index (κ2) is 13.7. The molecule has 0 aromatic rings. The minimum Gasteiger partial charge on any atom is -0.481 e. The minimum atomic E-state index is -1.70. The number of hydrogen-bond acceptors (Lipinski definition) is 12. The van der Waals surface area contributed by atoms with Crippen LogP contribution in [0.5, 0.6) is 0 Å². The summed E-state index contributed by atoms with van der Waals surface area (Å²) in [5, 5.41) is 85.7. The number of rotatable bonds is 6. The van der Waals surface area contributed by atoms with E-state index in [0.29, 0.717) is 31.6 Å². The van der Waals surface area contributed by atoms with Gasteiger partial charge in [0.1, 0.15) is 42.7 Å². The number of aliphatic hydroxyl groups is 7. The number of carboxylic acids is 1. The first kappa shape index (κ1) is 40.9. The molecule has 0 spiro atoms. The molecule has 13 heteroatoms. The lowest BCUT2D eigenvalue weighted by atomic mass is 9.33. The predicted octanol–water partition coefficient (Wildman–Crippen LogP) is 2.49. The first-order chi connectivity index (χ1) is 25.1. The van der Waals surface area contributed by atoms with Gasteiger partial charge in [0.15, 0.2) is 12.6 Å². The summed E-state index contributed by atoms with van der Waals surface area (Å²) in [6.07, 6.45) is -3.99. The van der Waals surface area contributed by atoms with Crippen LogP contribution in [0.3, 0.4) is 0 Å². The fourth-order valence-corrected chi connectivity index (χ4v) is 13.6. The smallest absolute Gasteiger partial charge is 0.310 e. The highest BCUT2D eigenvalue weighted by Gasteiger charge is 2.71. The summed E-state index contributed by atoms with van der Waals surface area (Å²) < 4.78 is 23.8. The van der Waals surface area contributed by atoms with Crippen molar-refractivity contribution in [1.82, 2.24) is 0 Å². The standard InChI is InChI=1S/C41H66O13/c1-20-10-15-41(35(48)49)17-16-38(5)21(32(41)40(20,7)50)8-9-25-37(4)13-12-26(36(2,3)24(37)11-14-39(25,38)6)53-33-30(47)31(22(43)19-51-33)54-34-29(46)28(45)27(44)23(18-42)52-34/h8,20,22-34,42-47,50H,9-19H2,1-7H3,(H,48,49)/t20-,22+,23-,24+,25-,26+,27+,28+,29-,30-,31+,32-,33+,34+,37+,38-,39-,40-,41+/m1/s1. The van der Waals surface area contributed by atoms with Gasteiger partial charge in [0.25, 0.3) is 0 Å². The van der Waals surface area contributed by atoms with E-state index in [2.05, 4.69) is 47.6 Å². The van der Waals surface area contributed by atoms with Crippen LogP contribution >= 0.6 is 0 Å². The SMILES string of the molecule is C[C@@H]1CC[C@]2(C(=O)O)CC[C@]3(C)C(=CC[C@@H]4[C@@]5(C)CC[C@H](O[C@@H]6OC[C@H](O)[C@H](O[C@@H]7O[C@H](CO)[C@H](O)[C@H](O)[C@H]7O)[C@H]6O)C(C)(C)[C@@H]5CC[C@]43C)[C@@H]2[C@]1(C)O. The van der Waals surface area contributed by atoms with Crippen molar-refractivity contribution in [2.75, 3.05) is 13.2 Å². The molecule has 7 aliphatic rings. The molecule has 13 nitrogen and oxygen atoms in total. The molecule has 4 saturated carbocycles. The van der Waals surface area contributed by atoms with Crippen molar-refractivity contribution < 1.29 is 64.6 Å². The van der Waals surface area contributed by atoms with E-state index in [9.17, 15) is 45.6 Å². The Hall–Kier alpha value is -1.23. The summed E-state index contributed by atoms with van der Waals surface area (Å²) in [5.74, 6) is -0.629. The Bertz CT molecular complexity index is 1470. The largest absolute Gasteiger partial charge is 0.481 e. The number of carbonyl (C=O) groups is 1. The lowest BCUT2D eigenvalue weighted by molar-refractivity contribution is -0.357. The zero-order chi connectivity index (χ0) is 39.6. The molecule has 7 rings (SSSR count). The fourth-order valence-electron chi connectivity index (χ4n) is 13.6. The Labute approximate surface area is 319 Å². The van der Waals surface area contributed by atoms with E-state index >= 15 is 0 Å². The lowest BCUT2D eigenvalue weighted by Crippen LogP contribution is -2.68. The van der Waals surface area contributed by atoms with E-state index in [4.69, 9.17) is 18.9 Å². The van der Waals surface area contributed by atoms with Crippen LogP contribution in [-0.2, 0) is 23.7 Å². The third kappa shape index (κ3) is 5.68. The Morgan fingerprint density at radius 3 is 2.20 bits per heavy atom. The van der Waals surface area contributed by atoms with Gasteiger partial charge in [0.2, 0.25) is 0 Å². The predicted molar refractivity (Wildman–Crippen MR) is 193 cm³/mol. The number of aliphatic carboxylic acids is 1. The third-order valence-electron chi connectivity index (χ3n) is 17.3. The maximum atomic E-state index is 13.1. The summed E-state index contributed by atoms with van der Waals surface area (Å²) in [4.78, 5) is 13.1. The second-order valence-electron chi connectivity index (χ2n) is 19.9. The molecule has 2 saturated heterocycles. The van der Waals surface area contributed by atoms with E-state index in [1.807, 2.05) is 6.92 Å². The minimum absolute atomic E-state index is 0.00224. The summed E-state index contributed by atoms with van der Waals surface area (Å²) >= 11 is 0. The van der Waals surface area contributed by atoms with Gasteiger partial charge in [-0.1, -0.05) is 53.2 Å². The molecule has 0 bridgehead atoms. The van der Waals surface area contributed by atoms with Gasteiger partial charge in [-0.2, -0.15) is 0 Å². The van der Waals surface area contributed by atoms with Crippen LogP contribution in [0.2, 0.25) is 0 Å². The molecule has 308 valence electrons. The zero-order valence-corrected chi connectivity index (χ0v) is 33.1. The molecule has 6 fully saturated rings. The fraction of sp³-hybridized carbons (Fsp3) is 0.927. The van der Waals surface area contributed by atoms with Crippen LogP contribution < -0.4 is 0 Å². The van der Waals surface area contributed by atoms with E-state index in [0.717, 1.165) is 37.7 Å². The third-order valence-corrected chi connectivity index (χ3v) is 17.3. The summed E-state index contributed by atoms with van der Waals surface area (Å²) in [6.45, 7) is 14.7. The summed E-state index contributed by atoms with van der Waals surface area (Å²) in [5.41, 5.74) is -1.70. The van der Waals surface area contributed by atoms with Gasteiger partial charge in [0.05, 0.1) is 30.3 Å². The topological polar surface area (TPSA) is 216 Å². The Morgan fingerprint density at radius 2 is 1.54 bits per heavy atom. The van der Waals surface area contributed by atoms with E-state index in [-0.39, 0.29) is 46.2 Å². The molecule has 0 radical (unpaired) electrons. The van der Waals surface area contributed by atoms with Crippen LogP contribution in [0.25, 0.3) is 0 Å². The first-order valence-corrected chi connectivity index (χ1v) is 20.4. The van der Waals surface area contributed by atoms with Crippen molar-refractivity contribution >= 4 is 5.97 Å². The van der Waals surface area contributed by atoms with Crippen molar-refractivity contribution in [3.63, 3.8) is 0 Å². The number of aliphatic hydroxyl groups excluding tert-OH is 6. The molecule has 19 atom stereocenters. The first-order valence-electron chi connectivity index (χ1n) is 20.4. The monoisotopic (exact) mass is 766 g/mol. The maximum Gasteiger partial charge on any atom is 0.310 e. The molecule has 2 heterocycles. The number of carboxylic acid groups (broad SMARTS) is 1. The maximum absolute atomic E-state index is 13.1. The van der Waals surface area contributed by atoms with Crippen LogP contribution in [-0.4, -0.2) is 127 Å². The van der Waals surface area contributed by atoms with Gasteiger partial charge >= 0.3 is 5.97 Å². The lowest BCUT2D eigenvalue weighted by Gasteiger charge is -2.72. The van der Waals surface area contributed by atoms with E-state index in [1.54, 1.807) is 0 Å². The van der Waals surface area contributed by atoms with Crippen molar-refractivity contribution in [3.8, 4) is 0 Å². The van der Waals surface area contributed by atoms with Gasteiger partial charge in [-0.05, 0) is 104 Å². The normalized spacial score (nSPS) is 55.7. The highest BCUT2D eigenvalue weighted by Crippen LogP contribution is 2.76. The van der Waals surface area contributed by atoms with Crippen molar-refractivity contribution in [2.24, 2.45) is 50.7 Å². The van der Waals surface area contributed by atoms with Gasteiger partial charge in [-0.25, -0.2) is 0 Å². The van der Waals surface area contributed by atoms with Crippen molar-refractivity contribution in [1.29, 1.82) is 0 Å². The molecule has 0 aromatic carbocycles. The van der Waals surface area contributed by atoms with Gasteiger partial charge < -0.3 is 59.8 Å². The number of ether oxygens (including phenoxy) is 4. The molecule has 8 N–H and O–H groups in total. The van der Waals surface area contributed by atoms with Gasteiger partial charge in [-0.15, -0.1) is 0 Å². The summed E-state index contributed by atoms with van der Waals surface area (Å²) in [7, 11) is 0. The average Bonchev–Trinajstić information content (AvgIpc) is 3.10. The average molecular weight is 767 g/mol. The second-order valence-corrected chi connectivity index (χ2v) is 19.9.